The van der Waals surface area contributed by atoms with Gasteiger partial charge in [0.15, 0.2) is 0 Å². The van der Waals surface area contributed by atoms with Crippen LogP contribution in [-0.2, 0) is 0 Å². The fraction of sp³-hybridized carbons (Fsp3) is 0.200. The van der Waals surface area contributed by atoms with Crippen molar-refractivity contribution in [2.45, 2.75) is 12.8 Å². The third-order valence-corrected chi connectivity index (χ3v) is 6.44. The number of nitrogens with one attached hydrogen (secondary N) is 1. The molecular formula is C20H20N4O2S. The topological polar surface area (TPSA) is 92.4 Å². The Morgan fingerprint density at radius 2 is 1.96 bits per heavy atom. The number of hydrogen-bond acceptors (Lipinski definition) is 6. The molecule has 27 heavy (non-hydrogen) atoms. The highest BCUT2D eigenvalue weighted by molar-refractivity contribution is 8.23. The van der Waals surface area contributed by atoms with Gasteiger partial charge in [-0.25, -0.2) is 9.71 Å². The lowest BCUT2D eigenvalue weighted by Gasteiger charge is -2.49. The molecule has 7 heteroatoms. The van der Waals surface area contributed by atoms with Crippen molar-refractivity contribution in [3.05, 3.63) is 71.5 Å². The smallest absolute Gasteiger partial charge is 0.148 e. The minimum Gasteiger partial charge on any atom is -0.269 e. The molecule has 0 saturated carbocycles. The molecule has 1 atom stereocenters. The normalized spacial score (nSPS) is 20.2. The van der Waals surface area contributed by atoms with Crippen molar-refractivity contribution in [2.75, 3.05) is 17.4 Å². The van der Waals surface area contributed by atoms with E-state index >= 15 is 0 Å². The molecule has 2 aromatic carbocycles. The van der Waals surface area contributed by atoms with Crippen LogP contribution < -0.4 is 9.03 Å². The maximum absolute atomic E-state index is 10.6. The van der Waals surface area contributed by atoms with Gasteiger partial charge in [-0.2, -0.15) is 5.26 Å². The molecule has 1 aliphatic rings. The molecule has 2 heterocycles. The molecule has 4 rings (SSSR count). The highest BCUT2D eigenvalue weighted by Gasteiger charge is 2.32. The van der Waals surface area contributed by atoms with Gasteiger partial charge in [-0.1, -0.05) is 40.8 Å². The zero-order valence-corrected chi connectivity index (χ0v) is 15.6. The van der Waals surface area contributed by atoms with E-state index in [4.69, 9.17) is 0 Å². The van der Waals surface area contributed by atoms with Crippen LogP contribution in [0, 0.1) is 18.3 Å². The van der Waals surface area contributed by atoms with Crippen molar-refractivity contribution >= 4 is 27.4 Å². The summed E-state index contributed by atoms with van der Waals surface area (Å²) in [6, 6.07) is 17.7. The zero-order chi connectivity index (χ0) is 19.0. The van der Waals surface area contributed by atoms with Crippen LogP contribution in [0.15, 0.2) is 54.7 Å². The highest BCUT2D eigenvalue weighted by atomic mass is 32.3. The molecule has 0 unspecified atom stereocenters. The first-order chi connectivity index (χ1) is 13.0. The lowest BCUT2D eigenvalue weighted by Crippen LogP contribution is -2.47. The van der Waals surface area contributed by atoms with Crippen LogP contribution in [0.3, 0.4) is 0 Å². The molecule has 6 nitrogen and oxygen atoms in total. The summed E-state index contributed by atoms with van der Waals surface area (Å²) in [5.74, 6) is 0.133. The van der Waals surface area contributed by atoms with Gasteiger partial charge in [0.25, 0.3) is 0 Å². The SMILES string of the molecule is Cc1ccc([C@@H]2CNS(O)(O)N(c3ccc4c(C#N)nccc4c3)C2)cc1. The molecule has 138 valence electrons. The maximum Gasteiger partial charge on any atom is 0.148 e. The molecule has 1 saturated heterocycles. The maximum atomic E-state index is 10.6. The van der Waals surface area contributed by atoms with Crippen LogP contribution in [-0.4, -0.2) is 27.2 Å². The number of nitrogens with zero attached hydrogens (tertiary/aromatic N) is 3. The molecule has 0 spiro atoms. The van der Waals surface area contributed by atoms with Gasteiger partial charge in [0.1, 0.15) is 11.8 Å². The van der Waals surface area contributed by atoms with E-state index < -0.39 is 11.0 Å². The quantitative estimate of drug-likeness (QED) is 0.617. The number of anilines is 1. The van der Waals surface area contributed by atoms with Crippen LogP contribution >= 0.6 is 11.0 Å². The van der Waals surface area contributed by atoms with Crippen LogP contribution in [0.25, 0.3) is 10.8 Å². The van der Waals surface area contributed by atoms with Gasteiger partial charge in [0, 0.05) is 30.6 Å². The number of aryl methyl sites for hydroxylation is 1. The van der Waals surface area contributed by atoms with E-state index in [0.29, 0.717) is 24.5 Å². The van der Waals surface area contributed by atoms with Gasteiger partial charge >= 0.3 is 0 Å². The highest BCUT2D eigenvalue weighted by Crippen LogP contribution is 2.47. The first-order valence-corrected chi connectivity index (χ1v) is 10.1. The van der Waals surface area contributed by atoms with E-state index in [9.17, 15) is 14.4 Å². The number of hydrogen-bond donors (Lipinski definition) is 3. The molecule has 1 aromatic heterocycles. The Kier molecular flexibility index (Phi) is 4.50. The van der Waals surface area contributed by atoms with E-state index in [1.165, 1.54) is 5.56 Å². The molecule has 1 fully saturated rings. The largest absolute Gasteiger partial charge is 0.269 e. The Labute approximate surface area is 159 Å². The monoisotopic (exact) mass is 380 g/mol. The minimum absolute atomic E-state index is 0.133. The minimum atomic E-state index is -3.11. The average Bonchev–Trinajstić information content (AvgIpc) is 2.67. The lowest BCUT2D eigenvalue weighted by molar-refractivity contribution is 0.441. The van der Waals surface area contributed by atoms with Crippen LogP contribution in [0.1, 0.15) is 22.7 Å². The fourth-order valence-corrected chi connectivity index (χ4v) is 4.76. The molecule has 0 aliphatic carbocycles. The molecule has 0 amide bonds. The third-order valence-electron chi connectivity index (χ3n) is 4.91. The Morgan fingerprint density at radius 3 is 2.70 bits per heavy atom. The lowest BCUT2D eigenvalue weighted by atomic mass is 9.98. The summed E-state index contributed by atoms with van der Waals surface area (Å²) in [7, 11) is -3.11. The van der Waals surface area contributed by atoms with Gasteiger partial charge < -0.3 is 0 Å². The summed E-state index contributed by atoms with van der Waals surface area (Å²) in [6.07, 6.45) is 1.59. The molecular weight excluding hydrogens is 360 g/mol. The first kappa shape index (κ1) is 17.8. The van der Waals surface area contributed by atoms with Crippen LogP contribution in [0.5, 0.6) is 0 Å². The van der Waals surface area contributed by atoms with Crippen LogP contribution in [0.2, 0.25) is 0 Å². The molecule has 3 N–H and O–H groups in total. The third kappa shape index (κ3) is 3.36. The second-order valence-corrected chi connectivity index (χ2v) is 8.48. The van der Waals surface area contributed by atoms with E-state index in [1.807, 2.05) is 19.1 Å². The van der Waals surface area contributed by atoms with Gasteiger partial charge in [0.05, 0.1) is 5.69 Å². The predicted octanol–water partition coefficient (Wildman–Crippen LogP) is 4.19. The van der Waals surface area contributed by atoms with Gasteiger partial charge in [-0.05, 0) is 42.1 Å². The Balaban J connectivity index is 1.70. The Morgan fingerprint density at radius 1 is 1.19 bits per heavy atom. The van der Waals surface area contributed by atoms with Gasteiger partial charge in [-0.3, -0.25) is 13.4 Å². The van der Waals surface area contributed by atoms with E-state index in [1.54, 1.807) is 22.6 Å². The number of rotatable bonds is 2. The van der Waals surface area contributed by atoms with Crippen molar-refractivity contribution in [3.8, 4) is 6.07 Å². The number of aromatic nitrogens is 1. The number of benzene rings is 2. The van der Waals surface area contributed by atoms with Crippen molar-refractivity contribution in [1.82, 2.24) is 9.71 Å². The molecule has 1 aliphatic heterocycles. The zero-order valence-electron chi connectivity index (χ0n) is 14.8. The van der Waals surface area contributed by atoms with Crippen molar-refractivity contribution in [2.24, 2.45) is 0 Å². The first-order valence-electron chi connectivity index (χ1n) is 8.64. The van der Waals surface area contributed by atoms with E-state index in [-0.39, 0.29) is 5.92 Å². The second-order valence-electron chi connectivity index (χ2n) is 6.71. The average molecular weight is 380 g/mol. The number of nitriles is 1. The standard InChI is InChI=1S/C20H20N4O2S/c1-14-2-4-15(5-3-14)17-12-23-27(25,26)24(13-17)18-6-7-19-16(10-18)8-9-22-20(19)11-21/h2-10,17,23,25-26H,12-13H2,1H3/t17-/m1/s1. The summed E-state index contributed by atoms with van der Waals surface area (Å²) in [5, 5.41) is 10.8. The fourth-order valence-electron chi connectivity index (χ4n) is 3.38. The number of fused-ring (bicyclic) bond motifs is 1. The summed E-state index contributed by atoms with van der Waals surface area (Å²) in [6.45, 7) is 3.03. The predicted molar refractivity (Wildman–Crippen MR) is 109 cm³/mol. The van der Waals surface area contributed by atoms with Gasteiger partial charge in [-0.15, -0.1) is 0 Å². The molecule has 3 aromatic rings. The molecule has 0 radical (unpaired) electrons. The molecule has 0 bridgehead atoms. The Hall–Kier alpha value is -2.63. The van der Waals surface area contributed by atoms with Crippen molar-refractivity contribution < 1.29 is 9.11 Å². The summed E-state index contributed by atoms with van der Waals surface area (Å²) < 4.78 is 25.6. The van der Waals surface area contributed by atoms with Crippen LogP contribution in [0.4, 0.5) is 5.69 Å². The second kappa shape index (κ2) is 6.83. The van der Waals surface area contributed by atoms with Crippen molar-refractivity contribution in [3.63, 3.8) is 0 Å². The summed E-state index contributed by atoms with van der Waals surface area (Å²) in [4.78, 5) is 4.07. The summed E-state index contributed by atoms with van der Waals surface area (Å²) in [5.41, 5.74) is 3.41. The number of pyridine rings is 1. The Bertz CT molecular complexity index is 1030. The van der Waals surface area contributed by atoms with Crippen molar-refractivity contribution in [1.29, 1.82) is 5.26 Å². The van der Waals surface area contributed by atoms with E-state index in [0.717, 1.165) is 16.3 Å². The van der Waals surface area contributed by atoms with E-state index in [2.05, 4.69) is 40.0 Å². The summed E-state index contributed by atoms with van der Waals surface area (Å²) >= 11 is 0. The van der Waals surface area contributed by atoms with Gasteiger partial charge in [0.2, 0.25) is 0 Å².